The molecule has 2 heterocycles. The summed E-state index contributed by atoms with van der Waals surface area (Å²) in [5, 5.41) is 9.70. The van der Waals surface area contributed by atoms with E-state index in [9.17, 15) is 14.9 Å². The minimum Gasteiger partial charge on any atom is -0.300 e. The Morgan fingerprint density at radius 3 is 2.76 bits per heavy atom. The summed E-state index contributed by atoms with van der Waals surface area (Å²) in [6, 6.07) is 12.3. The lowest BCUT2D eigenvalue weighted by atomic mass is 9.57. The first-order chi connectivity index (χ1) is 17.7. The molecule has 3 aromatic rings. The molecule has 0 amide bonds. The van der Waals surface area contributed by atoms with Gasteiger partial charge in [0.25, 0.3) is 0 Å². The number of hydrogen-bond donors (Lipinski definition) is 0. The van der Waals surface area contributed by atoms with Crippen molar-refractivity contribution >= 4 is 11.6 Å². The predicted molar refractivity (Wildman–Crippen MR) is 137 cm³/mol. The summed E-state index contributed by atoms with van der Waals surface area (Å²) in [6.07, 6.45) is 5.62. The molecule has 0 N–H and O–H groups in total. The molecular formula is C30H27FN4O2. The highest BCUT2D eigenvalue weighted by Crippen LogP contribution is 2.51. The number of carbonyl (C=O) groups excluding carboxylic acids is 2. The van der Waals surface area contributed by atoms with Crippen molar-refractivity contribution in [1.82, 2.24) is 15.0 Å². The van der Waals surface area contributed by atoms with Gasteiger partial charge in [-0.2, -0.15) is 5.26 Å². The van der Waals surface area contributed by atoms with Gasteiger partial charge in [-0.25, -0.2) is 14.4 Å². The van der Waals surface area contributed by atoms with Crippen LogP contribution in [0.1, 0.15) is 50.6 Å². The van der Waals surface area contributed by atoms with Crippen LogP contribution < -0.4 is 0 Å². The first kappa shape index (κ1) is 24.6. The van der Waals surface area contributed by atoms with E-state index < -0.39 is 5.41 Å². The molecule has 3 atom stereocenters. The van der Waals surface area contributed by atoms with E-state index in [2.05, 4.69) is 11.1 Å². The van der Waals surface area contributed by atoms with Gasteiger partial charge in [0, 0.05) is 46.3 Å². The van der Waals surface area contributed by atoms with Gasteiger partial charge < -0.3 is 4.79 Å². The number of pyridine rings is 1. The third-order valence-electron chi connectivity index (χ3n) is 7.78. The summed E-state index contributed by atoms with van der Waals surface area (Å²) in [5.41, 5.74) is 3.39. The van der Waals surface area contributed by atoms with Gasteiger partial charge in [-0.1, -0.05) is 32.1 Å². The Morgan fingerprint density at radius 1 is 1.24 bits per heavy atom. The molecule has 0 fully saturated rings. The lowest BCUT2D eigenvalue weighted by molar-refractivity contribution is -0.121. The lowest BCUT2D eigenvalue weighted by Gasteiger charge is -2.45. The van der Waals surface area contributed by atoms with Crippen LogP contribution in [0, 0.1) is 29.0 Å². The minimum atomic E-state index is -0.686. The summed E-state index contributed by atoms with van der Waals surface area (Å²) in [4.78, 5) is 38.6. The van der Waals surface area contributed by atoms with E-state index in [1.807, 2.05) is 19.9 Å². The van der Waals surface area contributed by atoms with Crippen LogP contribution in [0.15, 0.2) is 54.2 Å². The van der Waals surface area contributed by atoms with Gasteiger partial charge >= 0.3 is 0 Å². The fraction of sp³-hybridized carbons (Fsp3) is 0.333. The van der Waals surface area contributed by atoms with Gasteiger partial charge in [-0.05, 0) is 56.4 Å². The van der Waals surface area contributed by atoms with Gasteiger partial charge in [-0.15, -0.1) is 0 Å². The molecule has 2 aliphatic carbocycles. The van der Waals surface area contributed by atoms with Gasteiger partial charge in [0.05, 0.1) is 17.0 Å². The van der Waals surface area contributed by atoms with E-state index in [4.69, 9.17) is 9.97 Å². The SMILES string of the molecule is CC(=O)CCc1cc(-c2nc(-c3ccccc3F)c3c(n2)[C@]2(C)C=C(C#N)C(=O)[C@H](C)[C@H]2CC3)ccn1. The summed E-state index contributed by atoms with van der Waals surface area (Å²) in [6.45, 7) is 5.44. The van der Waals surface area contributed by atoms with Crippen molar-refractivity contribution in [3.63, 3.8) is 0 Å². The number of Topliss-reactive ketones (excluding diaryl/α,β-unsaturated/α-hetero) is 2. The number of hydrogen-bond acceptors (Lipinski definition) is 6. The van der Waals surface area contributed by atoms with E-state index in [0.717, 1.165) is 17.0 Å². The molecular weight excluding hydrogens is 467 g/mol. The van der Waals surface area contributed by atoms with Crippen molar-refractivity contribution in [1.29, 1.82) is 5.26 Å². The number of allylic oxidation sites excluding steroid dienone is 2. The highest BCUT2D eigenvalue weighted by atomic mass is 19.1. The van der Waals surface area contributed by atoms with Crippen molar-refractivity contribution in [3.8, 4) is 28.7 Å². The average molecular weight is 495 g/mol. The van der Waals surface area contributed by atoms with E-state index in [1.165, 1.54) is 6.07 Å². The molecule has 0 aliphatic heterocycles. The predicted octanol–water partition coefficient (Wildman–Crippen LogP) is 5.36. The number of benzene rings is 1. The number of fused-ring (bicyclic) bond motifs is 3. The summed E-state index contributed by atoms with van der Waals surface area (Å²) < 4.78 is 15.1. The van der Waals surface area contributed by atoms with Crippen LogP contribution in [0.5, 0.6) is 0 Å². The van der Waals surface area contributed by atoms with Crippen LogP contribution in [0.25, 0.3) is 22.6 Å². The van der Waals surface area contributed by atoms with Crippen LogP contribution in [-0.4, -0.2) is 26.5 Å². The molecule has 0 unspecified atom stereocenters. The highest BCUT2D eigenvalue weighted by molar-refractivity contribution is 6.02. The van der Waals surface area contributed by atoms with Crippen molar-refractivity contribution in [2.24, 2.45) is 11.8 Å². The maximum absolute atomic E-state index is 15.1. The third-order valence-corrected chi connectivity index (χ3v) is 7.78. The van der Waals surface area contributed by atoms with Crippen LogP contribution in [0.3, 0.4) is 0 Å². The normalized spacial score (nSPS) is 22.5. The summed E-state index contributed by atoms with van der Waals surface area (Å²) >= 11 is 0. The van der Waals surface area contributed by atoms with Crippen LogP contribution in [0.2, 0.25) is 0 Å². The fourth-order valence-corrected chi connectivity index (χ4v) is 5.84. The molecule has 2 aromatic heterocycles. The molecule has 5 rings (SSSR count). The minimum absolute atomic E-state index is 0.0376. The Hall–Kier alpha value is -4.05. The maximum atomic E-state index is 15.1. The summed E-state index contributed by atoms with van der Waals surface area (Å²) in [5.74, 6) is -0.377. The number of carbonyl (C=O) groups is 2. The molecule has 7 heteroatoms. The van der Waals surface area contributed by atoms with Gasteiger partial charge in [0.1, 0.15) is 17.7 Å². The van der Waals surface area contributed by atoms with Crippen molar-refractivity contribution in [2.45, 2.75) is 51.9 Å². The smallest absolute Gasteiger partial charge is 0.176 e. The van der Waals surface area contributed by atoms with E-state index in [0.29, 0.717) is 48.3 Å². The Bertz CT molecular complexity index is 1510. The second-order valence-electron chi connectivity index (χ2n) is 10.2. The van der Waals surface area contributed by atoms with Crippen LogP contribution in [-0.2, 0) is 27.8 Å². The quantitative estimate of drug-likeness (QED) is 0.474. The molecule has 37 heavy (non-hydrogen) atoms. The number of rotatable bonds is 5. The second-order valence-corrected chi connectivity index (χ2v) is 10.2. The van der Waals surface area contributed by atoms with E-state index in [1.54, 1.807) is 43.5 Å². The number of nitrogens with zero attached hydrogens (tertiary/aromatic N) is 4. The number of aromatic nitrogens is 3. The Morgan fingerprint density at radius 2 is 2.03 bits per heavy atom. The molecule has 0 spiro atoms. The first-order valence-electron chi connectivity index (χ1n) is 12.5. The number of aryl methyl sites for hydroxylation is 1. The Kier molecular flexibility index (Phi) is 6.28. The van der Waals surface area contributed by atoms with E-state index >= 15 is 4.39 Å². The summed E-state index contributed by atoms with van der Waals surface area (Å²) in [7, 11) is 0. The third kappa shape index (κ3) is 4.27. The molecule has 0 saturated heterocycles. The number of halogens is 1. The van der Waals surface area contributed by atoms with Gasteiger partial charge in [-0.3, -0.25) is 9.78 Å². The largest absolute Gasteiger partial charge is 0.300 e. The zero-order valence-electron chi connectivity index (χ0n) is 21.1. The standard InChI is InChI=1S/C30H27FN4O2/c1-17(36)8-9-21-14-19(12-13-33-21)29-34-26(22-6-4-5-7-25(22)31)23-10-11-24-18(2)27(37)20(16-32)15-30(24,3)28(23)35-29/h4-7,12-15,18,24H,8-11H2,1-3H3/t18-,24-,30-/m1/s1. The molecule has 186 valence electrons. The molecule has 2 aliphatic rings. The van der Waals surface area contributed by atoms with Crippen molar-refractivity contribution in [3.05, 3.63) is 77.0 Å². The van der Waals surface area contributed by atoms with Crippen molar-refractivity contribution < 1.29 is 14.0 Å². The topological polar surface area (TPSA) is 96.6 Å². The first-order valence-corrected chi connectivity index (χ1v) is 12.5. The zero-order chi connectivity index (χ0) is 26.3. The van der Waals surface area contributed by atoms with Crippen molar-refractivity contribution in [2.75, 3.05) is 0 Å². The van der Waals surface area contributed by atoms with Gasteiger partial charge in [0.15, 0.2) is 11.6 Å². The van der Waals surface area contributed by atoms with E-state index in [-0.39, 0.29) is 34.8 Å². The zero-order valence-corrected chi connectivity index (χ0v) is 21.1. The van der Waals surface area contributed by atoms with Crippen LogP contribution >= 0.6 is 0 Å². The van der Waals surface area contributed by atoms with Gasteiger partial charge in [0.2, 0.25) is 0 Å². The van der Waals surface area contributed by atoms with Crippen LogP contribution in [0.4, 0.5) is 4.39 Å². The molecule has 0 radical (unpaired) electrons. The number of nitriles is 1. The monoisotopic (exact) mass is 494 g/mol. The average Bonchev–Trinajstić information content (AvgIpc) is 2.89. The fourth-order valence-electron chi connectivity index (χ4n) is 5.84. The second kappa shape index (κ2) is 9.44. The molecule has 0 bridgehead atoms. The Labute approximate surface area is 215 Å². The lowest BCUT2D eigenvalue weighted by Crippen LogP contribution is -2.46. The highest BCUT2D eigenvalue weighted by Gasteiger charge is 2.49. The molecule has 6 nitrogen and oxygen atoms in total. The number of ketones is 2. The molecule has 1 aromatic carbocycles. The maximum Gasteiger partial charge on any atom is 0.176 e. The Balaban J connectivity index is 1.75. The molecule has 0 saturated carbocycles.